The monoisotopic (exact) mass is 606 g/mol. The van der Waals surface area contributed by atoms with E-state index < -0.39 is 65.8 Å². The van der Waals surface area contributed by atoms with Crippen molar-refractivity contribution >= 4 is 41.4 Å². The summed E-state index contributed by atoms with van der Waals surface area (Å²) in [5.41, 5.74) is 0.868. The number of carbonyl (C=O) groups is 5. The van der Waals surface area contributed by atoms with Crippen molar-refractivity contribution in [2.24, 2.45) is 5.41 Å². The van der Waals surface area contributed by atoms with Crippen molar-refractivity contribution in [2.45, 2.75) is 84.9 Å². The Balaban J connectivity index is 1.99. The van der Waals surface area contributed by atoms with Crippen LogP contribution in [0.5, 0.6) is 5.75 Å². The SMILES string of the molecule is CC(=O)OC[C@H]1O[C@@H](C2(C)C=CC(Cl)=C(Cc3ccc(OC(C)=O)cc3)C2)[C@H](OC(C)=O)[C@@H](OC(C)=O)[C@@H]1OC(C)=O. The molecule has 42 heavy (non-hydrogen) atoms. The molecule has 1 heterocycles. The number of esters is 5. The molecule has 12 heteroatoms. The van der Waals surface area contributed by atoms with Gasteiger partial charge in [-0.3, -0.25) is 24.0 Å². The number of hydrogen-bond acceptors (Lipinski definition) is 11. The van der Waals surface area contributed by atoms with Crippen LogP contribution in [0.1, 0.15) is 53.5 Å². The number of benzene rings is 1. The first kappa shape index (κ1) is 32.8. The number of hydrogen-bond donors (Lipinski definition) is 0. The predicted molar refractivity (Wildman–Crippen MR) is 148 cm³/mol. The van der Waals surface area contributed by atoms with Gasteiger partial charge in [-0.15, -0.1) is 0 Å². The van der Waals surface area contributed by atoms with Crippen molar-refractivity contribution in [1.82, 2.24) is 0 Å². The van der Waals surface area contributed by atoms with Crippen LogP contribution in [-0.2, 0) is 54.1 Å². The normalized spacial score (nSPS) is 27.1. The van der Waals surface area contributed by atoms with Crippen LogP contribution in [0.25, 0.3) is 0 Å². The highest BCUT2D eigenvalue weighted by Gasteiger charge is 2.57. The molecule has 1 aromatic rings. The van der Waals surface area contributed by atoms with Crippen LogP contribution in [-0.4, -0.2) is 67.0 Å². The van der Waals surface area contributed by atoms with Crippen LogP contribution < -0.4 is 4.74 Å². The molecular formula is C30H35ClO11. The number of halogens is 1. The van der Waals surface area contributed by atoms with Gasteiger partial charge in [-0.05, 0) is 42.2 Å². The van der Waals surface area contributed by atoms with Crippen molar-refractivity contribution in [3.8, 4) is 5.75 Å². The van der Waals surface area contributed by atoms with Crippen LogP contribution in [0.4, 0.5) is 0 Å². The van der Waals surface area contributed by atoms with E-state index in [4.69, 9.17) is 40.0 Å². The maximum Gasteiger partial charge on any atom is 0.308 e. The lowest BCUT2D eigenvalue weighted by atomic mass is 9.70. The lowest BCUT2D eigenvalue weighted by Crippen LogP contribution is -2.65. The van der Waals surface area contributed by atoms with Gasteiger partial charge in [0.15, 0.2) is 18.3 Å². The molecule has 1 unspecified atom stereocenters. The summed E-state index contributed by atoms with van der Waals surface area (Å²) in [6.45, 7) is 7.65. The Bertz CT molecular complexity index is 1270. The number of rotatable bonds is 9. The summed E-state index contributed by atoms with van der Waals surface area (Å²) in [7, 11) is 0. The molecule has 1 saturated heterocycles. The lowest BCUT2D eigenvalue weighted by molar-refractivity contribution is -0.266. The first-order valence-electron chi connectivity index (χ1n) is 13.3. The zero-order chi connectivity index (χ0) is 31.2. The van der Waals surface area contributed by atoms with E-state index in [0.717, 1.165) is 11.1 Å². The fraction of sp³-hybridized carbons (Fsp3) is 0.500. The molecule has 11 nitrogen and oxygen atoms in total. The molecule has 1 aliphatic carbocycles. The largest absolute Gasteiger partial charge is 0.463 e. The summed E-state index contributed by atoms with van der Waals surface area (Å²) in [4.78, 5) is 59.4. The van der Waals surface area contributed by atoms with Crippen LogP contribution in [0.15, 0.2) is 47.0 Å². The van der Waals surface area contributed by atoms with E-state index in [9.17, 15) is 24.0 Å². The molecule has 0 N–H and O–H groups in total. The predicted octanol–water partition coefficient (Wildman–Crippen LogP) is 3.74. The molecule has 2 aliphatic rings. The first-order valence-corrected chi connectivity index (χ1v) is 13.7. The van der Waals surface area contributed by atoms with E-state index >= 15 is 0 Å². The average Bonchev–Trinajstić information content (AvgIpc) is 2.87. The quantitative estimate of drug-likeness (QED) is 0.230. The maximum absolute atomic E-state index is 12.3. The minimum absolute atomic E-state index is 0.313. The molecule has 0 aromatic heterocycles. The zero-order valence-electron chi connectivity index (χ0n) is 24.3. The second-order valence-corrected chi connectivity index (χ2v) is 10.9. The summed E-state index contributed by atoms with van der Waals surface area (Å²) >= 11 is 6.62. The Hall–Kier alpha value is -3.70. The molecule has 0 bridgehead atoms. The summed E-state index contributed by atoms with van der Waals surface area (Å²) < 4.78 is 33.5. The number of allylic oxidation sites excluding steroid dienone is 3. The Morgan fingerprint density at radius 1 is 0.833 bits per heavy atom. The second-order valence-electron chi connectivity index (χ2n) is 10.5. The summed E-state index contributed by atoms with van der Waals surface area (Å²) in [6, 6.07) is 7.00. The zero-order valence-corrected chi connectivity index (χ0v) is 25.1. The molecular weight excluding hydrogens is 572 g/mol. The fourth-order valence-corrected chi connectivity index (χ4v) is 5.37. The number of ether oxygens (including phenoxy) is 6. The Kier molecular flexibility index (Phi) is 10.9. The third kappa shape index (κ3) is 8.65. The van der Waals surface area contributed by atoms with Gasteiger partial charge in [0.1, 0.15) is 24.6 Å². The smallest absolute Gasteiger partial charge is 0.308 e. The van der Waals surface area contributed by atoms with Gasteiger partial charge in [0.25, 0.3) is 0 Å². The van der Waals surface area contributed by atoms with Crippen LogP contribution in [0.3, 0.4) is 0 Å². The van der Waals surface area contributed by atoms with Crippen LogP contribution in [0.2, 0.25) is 0 Å². The third-order valence-electron chi connectivity index (χ3n) is 6.79. The Labute approximate surface area is 249 Å². The van der Waals surface area contributed by atoms with Gasteiger partial charge in [0, 0.05) is 45.1 Å². The van der Waals surface area contributed by atoms with Gasteiger partial charge in [0.2, 0.25) is 0 Å². The van der Waals surface area contributed by atoms with Crippen LogP contribution >= 0.6 is 11.6 Å². The Morgan fingerprint density at radius 3 is 1.95 bits per heavy atom. The first-order chi connectivity index (χ1) is 19.7. The molecule has 0 amide bonds. The molecule has 6 atom stereocenters. The molecule has 3 rings (SSSR count). The van der Waals surface area contributed by atoms with E-state index in [-0.39, 0.29) is 6.61 Å². The van der Waals surface area contributed by atoms with E-state index in [2.05, 4.69) is 0 Å². The average molecular weight is 607 g/mol. The molecule has 1 aliphatic heterocycles. The fourth-order valence-electron chi connectivity index (χ4n) is 5.17. The van der Waals surface area contributed by atoms with Crippen molar-refractivity contribution in [1.29, 1.82) is 0 Å². The summed E-state index contributed by atoms with van der Waals surface area (Å²) in [6.07, 6.45) is -1.35. The highest BCUT2D eigenvalue weighted by molar-refractivity contribution is 6.31. The summed E-state index contributed by atoms with van der Waals surface area (Å²) in [5, 5.41) is 0.516. The lowest BCUT2D eigenvalue weighted by Gasteiger charge is -2.50. The molecule has 1 fully saturated rings. The van der Waals surface area contributed by atoms with Crippen molar-refractivity contribution in [3.05, 3.63) is 52.6 Å². The van der Waals surface area contributed by atoms with E-state index in [1.54, 1.807) is 18.2 Å². The molecule has 0 radical (unpaired) electrons. The molecule has 1 aromatic carbocycles. The van der Waals surface area contributed by atoms with E-state index in [1.807, 2.05) is 25.1 Å². The highest BCUT2D eigenvalue weighted by atomic mass is 35.5. The topological polar surface area (TPSA) is 141 Å². The molecule has 228 valence electrons. The summed E-state index contributed by atoms with van der Waals surface area (Å²) in [5.74, 6) is -2.68. The van der Waals surface area contributed by atoms with E-state index in [0.29, 0.717) is 23.6 Å². The molecule has 0 saturated carbocycles. The van der Waals surface area contributed by atoms with Gasteiger partial charge < -0.3 is 28.4 Å². The van der Waals surface area contributed by atoms with Crippen LogP contribution in [0, 0.1) is 5.41 Å². The van der Waals surface area contributed by atoms with Gasteiger partial charge in [-0.25, -0.2) is 0 Å². The minimum Gasteiger partial charge on any atom is -0.463 e. The van der Waals surface area contributed by atoms with Gasteiger partial charge in [-0.2, -0.15) is 0 Å². The van der Waals surface area contributed by atoms with Crippen molar-refractivity contribution in [3.63, 3.8) is 0 Å². The maximum atomic E-state index is 12.3. The van der Waals surface area contributed by atoms with Gasteiger partial charge in [0.05, 0.1) is 0 Å². The van der Waals surface area contributed by atoms with Gasteiger partial charge >= 0.3 is 29.8 Å². The standard InChI is InChI=1S/C30H35ClO11/c1-16(32)37-15-25-26(39-18(3)34)27(40-19(4)35)28(41-20(5)36)29(42-25)30(6)12-11-24(31)22(14-30)13-21-7-9-23(10-8-21)38-17(2)33/h7-12,25-29H,13-15H2,1-6H3/t25-,26-,27+,28-,29-,30?/m1/s1. The Morgan fingerprint density at radius 2 is 1.40 bits per heavy atom. The minimum atomic E-state index is -1.27. The van der Waals surface area contributed by atoms with Crippen molar-refractivity contribution in [2.75, 3.05) is 6.61 Å². The van der Waals surface area contributed by atoms with Crippen molar-refractivity contribution < 1.29 is 52.4 Å². The third-order valence-corrected chi connectivity index (χ3v) is 7.18. The number of carbonyl (C=O) groups excluding carboxylic acids is 5. The highest BCUT2D eigenvalue weighted by Crippen LogP contribution is 2.46. The van der Waals surface area contributed by atoms with E-state index in [1.165, 1.54) is 34.6 Å². The second kappa shape index (κ2) is 14.0. The molecule has 0 spiro atoms. The van der Waals surface area contributed by atoms with Gasteiger partial charge in [-0.1, -0.05) is 36.7 Å².